The van der Waals surface area contributed by atoms with Crippen LogP contribution in [0.4, 0.5) is 0 Å². The number of hydrogen-bond donors (Lipinski definition) is 1. The Morgan fingerprint density at radius 3 is 2.79 bits per heavy atom. The standard InChI is InChI=1S/C14H17N3O2/c1-3-18-13-7-10(2)16-14(17-13)19-12-6-4-5-11(8-12)9-15/h4-8H,3,9,15H2,1-2H3. The van der Waals surface area contributed by atoms with Crippen molar-refractivity contribution in [3.05, 3.63) is 41.6 Å². The maximum Gasteiger partial charge on any atom is 0.325 e. The lowest BCUT2D eigenvalue weighted by molar-refractivity contribution is 0.317. The Balaban J connectivity index is 2.22. The molecule has 0 saturated heterocycles. The smallest absolute Gasteiger partial charge is 0.325 e. The molecule has 1 heterocycles. The summed E-state index contributed by atoms with van der Waals surface area (Å²) in [5.74, 6) is 1.18. The molecule has 0 fully saturated rings. The lowest BCUT2D eigenvalue weighted by atomic mass is 10.2. The molecular formula is C14H17N3O2. The summed E-state index contributed by atoms with van der Waals surface area (Å²) in [6.07, 6.45) is 0. The highest BCUT2D eigenvalue weighted by Crippen LogP contribution is 2.21. The van der Waals surface area contributed by atoms with Gasteiger partial charge in [-0.05, 0) is 31.5 Å². The summed E-state index contributed by atoms with van der Waals surface area (Å²) in [6, 6.07) is 9.58. The number of benzene rings is 1. The van der Waals surface area contributed by atoms with E-state index < -0.39 is 0 Å². The maximum absolute atomic E-state index is 5.63. The van der Waals surface area contributed by atoms with E-state index in [0.29, 0.717) is 24.8 Å². The predicted molar refractivity (Wildman–Crippen MR) is 72.3 cm³/mol. The number of ether oxygens (including phenoxy) is 2. The summed E-state index contributed by atoms with van der Waals surface area (Å²) in [5.41, 5.74) is 7.38. The van der Waals surface area contributed by atoms with Crippen molar-refractivity contribution in [1.82, 2.24) is 9.97 Å². The monoisotopic (exact) mass is 259 g/mol. The minimum Gasteiger partial charge on any atom is -0.478 e. The third-order valence-corrected chi connectivity index (χ3v) is 2.45. The van der Waals surface area contributed by atoms with Crippen LogP contribution in [0.5, 0.6) is 17.6 Å². The van der Waals surface area contributed by atoms with Crippen molar-refractivity contribution >= 4 is 0 Å². The van der Waals surface area contributed by atoms with Crippen molar-refractivity contribution in [2.45, 2.75) is 20.4 Å². The molecule has 2 N–H and O–H groups in total. The highest BCUT2D eigenvalue weighted by atomic mass is 16.5. The normalized spacial score (nSPS) is 10.3. The minimum atomic E-state index is 0.276. The zero-order chi connectivity index (χ0) is 13.7. The number of aromatic nitrogens is 2. The van der Waals surface area contributed by atoms with Crippen LogP contribution in [-0.4, -0.2) is 16.6 Å². The van der Waals surface area contributed by atoms with Gasteiger partial charge in [0.25, 0.3) is 0 Å². The van der Waals surface area contributed by atoms with E-state index in [0.717, 1.165) is 11.3 Å². The molecular weight excluding hydrogens is 242 g/mol. The van der Waals surface area contributed by atoms with Gasteiger partial charge in [-0.25, -0.2) is 0 Å². The summed E-state index contributed by atoms with van der Waals surface area (Å²) in [5, 5.41) is 0. The van der Waals surface area contributed by atoms with E-state index in [1.165, 1.54) is 0 Å². The molecule has 0 bridgehead atoms. The molecule has 5 heteroatoms. The van der Waals surface area contributed by atoms with Gasteiger partial charge in [0, 0.05) is 18.3 Å². The van der Waals surface area contributed by atoms with Crippen molar-refractivity contribution in [3.8, 4) is 17.6 Å². The first kappa shape index (κ1) is 13.3. The first-order valence-corrected chi connectivity index (χ1v) is 6.16. The average Bonchev–Trinajstić information content (AvgIpc) is 2.38. The van der Waals surface area contributed by atoms with E-state index in [-0.39, 0.29) is 6.01 Å². The summed E-state index contributed by atoms with van der Waals surface area (Å²) in [7, 11) is 0. The molecule has 0 atom stereocenters. The fourth-order valence-corrected chi connectivity index (χ4v) is 1.62. The van der Waals surface area contributed by atoms with Gasteiger partial charge in [0.2, 0.25) is 5.88 Å². The van der Waals surface area contributed by atoms with Crippen LogP contribution < -0.4 is 15.2 Å². The average molecular weight is 259 g/mol. The first-order valence-electron chi connectivity index (χ1n) is 6.16. The molecule has 0 radical (unpaired) electrons. The van der Waals surface area contributed by atoms with E-state index in [1.54, 1.807) is 6.07 Å². The van der Waals surface area contributed by atoms with Gasteiger partial charge in [-0.3, -0.25) is 0 Å². The fourth-order valence-electron chi connectivity index (χ4n) is 1.62. The van der Waals surface area contributed by atoms with Crippen molar-refractivity contribution < 1.29 is 9.47 Å². The highest BCUT2D eigenvalue weighted by molar-refractivity contribution is 5.31. The summed E-state index contributed by atoms with van der Waals surface area (Å²) >= 11 is 0. The number of hydrogen-bond acceptors (Lipinski definition) is 5. The van der Waals surface area contributed by atoms with Gasteiger partial charge >= 0.3 is 6.01 Å². The molecule has 0 unspecified atom stereocenters. The van der Waals surface area contributed by atoms with Gasteiger partial charge in [0.15, 0.2) is 0 Å². The van der Waals surface area contributed by atoms with Gasteiger partial charge < -0.3 is 15.2 Å². The molecule has 19 heavy (non-hydrogen) atoms. The quantitative estimate of drug-likeness (QED) is 0.893. The van der Waals surface area contributed by atoms with E-state index >= 15 is 0 Å². The van der Waals surface area contributed by atoms with Crippen LogP contribution in [0.2, 0.25) is 0 Å². The summed E-state index contributed by atoms with van der Waals surface area (Å²) < 4.78 is 11.0. The van der Waals surface area contributed by atoms with Crippen LogP contribution in [0, 0.1) is 6.92 Å². The van der Waals surface area contributed by atoms with Crippen LogP contribution in [0.25, 0.3) is 0 Å². The van der Waals surface area contributed by atoms with Crippen molar-refractivity contribution in [1.29, 1.82) is 0 Å². The molecule has 2 aromatic rings. The number of nitrogens with two attached hydrogens (primary N) is 1. The van der Waals surface area contributed by atoms with Crippen LogP contribution in [0.3, 0.4) is 0 Å². The summed E-state index contributed by atoms with van der Waals surface area (Å²) in [4.78, 5) is 8.41. The first-order chi connectivity index (χ1) is 9.21. The van der Waals surface area contributed by atoms with Gasteiger partial charge in [0.05, 0.1) is 6.61 Å². The van der Waals surface area contributed by atoms with E-state index in [4.69, 9.17) is 15.2 Å². The molecule has 5 nitrogen and oxygen atoms in total. The predicted octanol–water partition coefficient (Wildman–Crippen LogP) is 2.43. The van der Waals surface area contributed by atoms with Gasteiger partial charge in [-0.15, -0.1) is 0 Å². The number of nitrogens with zero attached hydrogens (tertiary/aromatic N) is 2. The van der Waals surface area contributed by atoms with Gasteiger partial charge in [0.1, 0.15) is 5.75 Å². The van der Waals surface area contributed by atoms with Gasteiger partial charge in [-0.1, -0.05) is 12.1 Å². The lowest BCUT2D eigenvalue weighted by Gasteiger charge is -2.08. The summed E-state index contributed by atoms with van der Waals surface area (Å²) in [6.45, 7) is 4.80. The Morgan fingerprint density at radius 1 is 1.21 bits per heavy atom. The Kier molecular flexibility index (Phi) is 4.30. The van der Waals surface area contributed by atoms with Crippen LogP contribution in [-0.2, 0) is 6.54 Å². The number of aryl methyl sites for hydroxylation is 1. The van der Waals surface area contributed by atoms with Crippen molar-refractivity contribution in [2.24, 2.45) is 5.73 Å². The lowest BCUT2D eigenvalue weighted by Crippen LogP contribution is -2.00. The van der Waals surface area contributed by atoms with E-state index in [1.807, 2.05) is 38.1 Å². The topological polar surface area (TPSA) is 70.3 Å². The van der Waals surface area contributed by atoms with Crippen molar-refractivity contribution in [2.75, 3.05) is 6.61 Å². The zero-order valence-corrected chi connectivity index (χ0v) is 11.1. The fraction of sp³-hybridized carbons (Fsp3) is 0.286. The molecule has 0 aliphatic rings. The number of rotatable bonds is 5. The molecule has 0 amide bonds. The molecule has 0 saturated carbocycles. The van der Waals surface area contributed by atoms with Crippen LogP contribution in [0.15, 0.2) is 30.3 Å². The molecule has 1 aromatic carbocycles. The molecule has 100 valence electrons. The van der Waals surface area contributed by atoms with Gasteiger partial charge in [-0.2, -0.15) is 9.97 Å². The minimum absolute atomic E-state index is 0.276. The maximum atomic E-state index is 5.63. The van der Waals surface area contributed by atoms with Crippen LogP contribution >= 0.6 is 0 Å². The Hall–Kier alpha value is -2.14. The Labute approximate surface area is 112 Å². The highest BCUT2D eigenvalue weighted by Gasteiger charge is 2.05. The van der Waals surface area contributed by atoms with Crippen LogP contribution in [0.1, 0.15) is 18.2 Å². The Morgan fingerprint density at radius 2 is 2.05 bits per heavy atom. The second-order valence-corrected chi connectivity index (χ2v) is 4.02. The molecule has 0 aliphatic heterocycles. The molecule has 0 spiro atoms. The third kappa shape index (κ3) is 3.66. The zero-order valence-electron chi connectivity index (χ0n) is 11.1. The van der Waals surface area contributed by atoms with Crippen molar-refractivity contribution in [3.63, 3.8) is 0 Å². The van der Waals surface area contributed by atoms with E-state index in [2.05, 4.69) is 9.97 Å². The molecule has 1 aromatic heterocycles. The largest absolute Gasteiger partial charge is 0.478 e. The molecule has 0 aliphatic carbocycles. The third-order valence-electron chi connectivity index (χ3n) is 2.45. The Bertz CT molecular complexity index is 558. The molecule has 2 rings (SSSR count). The second-order valence-electron chi connectivity index (χ2n) is 4.02. The second kappa shape index (κ2) is 6.15. The SMILES string of the molecule is CCOc1cc(C)nc(Oc2cccc(CN)c2)n1. The van der Waals surface area contributed by atoms with E-state index in [9.17, 15) is 0 Å².